The van der Waals surface area contributed by atoms with Gasteiger partial charge >= 0.3 is 0 Å². The standard InChI is InChI=1S/C27H33N5O5/c1-35-17-5-14-28-27(34)22-6-3-4-7-23(22)29-26(33)20-12-15-32(16-13-20)18-24-30-25(31-37-24)19-8-10-21(36-2)11-9-19/h3-4,6-11,20H,5,12-18H2,1-2H3,(H,28,34)(H,29,33). The number of amides is 2. The van der Waals surface area contributed by atoms with E-state index in [9.17, 15) is 9.59 Å². The van der Waals surface area contributed by atoms with Crippen LogP contribution in [0, 0.1) is 5.92 Å². The van der Waals surface area contributed by atoms with Crippen molar-refractivity contribution in [2.24, 2.45) is 5.92 Å². The fourth-order valence-electron chi connectivity index (χ4n) is 4.26. The van der Waals surface area contributed by atoms with Crippen molar-refractivity contribution in [3.05, 3.63) is 60.0 Å². The van der Waals surface area contributed by atoms with E-state index in [1.54, 1.807) is 32.4 Å². The summed E-state index contributed by atoms with van der Waals surface area (Å²) in [6.45, 7) is 3.09. The average Bonchev–Trinajstić information content (AvgIpc) is 3.40. The highest BCUT2D eigenvalue weighted by atomic mass is 16.5. The van der Waals surface area contributed by atoms with Gasteiger partial charge in [0.1, 0.15) is 5.75 Å². The number of aromatic nitrogens is 2. The Kier molecular flexibility index (Phi) is 9.23. The number of carbonyl (C=O) groups excluding carboxylic acids is 2. The lowest BCUT2D eigenvalue weighted by Gasteiger charge is -2.30. The maximum atomic E-state index is 13.0. The lowest BCUT2D eigenvalue weighted by Crippen LogP contribution is -2.38. The van der Waals surface area contributed by atoms with E-state index in [0.29, 0.717) is 55.5 Å². The number of anilines is 1. The van der Waals surface area contributed by atoms with E-state index in [1.165, 1.54) is 0 Å². The zero-order valence-corrected chi connectivity index (χ0v) is 21.2. The highest BCUT2D eigenvalue weighted by Crippen LogP contribution is 2.24. The summed E-state index contributed by atoms with van der Waals surface area (Å²) in [6, 6.07) is 14.6. The van der Waals surface area contributed by atoms with E-state index in [-0.39, 0.29) is 17.7 Å². The van der Waals surface area contributed by atoms with Gasteiger partial charge in [-0.05, 0) is 68.8 Å². The van der Waals surface area contributed by atoms with E-state index < -0.39 is 0 Å². The molecule has 10 heteroatoms. The number of hydrogen-bond acceptors (Lipinski definition) is 8. The molecule has 37 heavy (non-hydrogen) atoms. The quantitative estimate of drug-likeness (QED) is 0.379. The molecule has 0 atom stereocenters. The molecule has 4 rings (SSSR count). The smallest absolute Gasteiger partial charge is 0.253 e. The lowest BCUT2D eigenvalue weighted by molar-refractivity contribution is -0.121. The Bertz CT molecular complexity index is 1170. The Labute approximate surface area is 216 Å². The van der Waals surface area contributed by atoms with Crippen molar-refractivity contribution in [2.45, 2.75) is 25.8 Å². The van der Waals surface area contributed by atoms with E-state index >= 15 is 0 Å². The van der Waals surface area contributed by atoms with Crippen LogP contribution in [0.1, 0.15) is 35.5 Å². The number of para-hydroxylation sites is 1. The number of ether oxygens (including phenoxy) is 2. The number of nitrogens with zero attached hydrogens (tertiary/aromatic N) is 3. The summed E-state index contributed by atoms with van der Waals surface area (Å²) in [5.41, 5.74) is 1.83. The zero-order valence-electron chi connectivity index (χ0n) is 21.2. The van der Waals surface area contributed by atoms with Gasteiger partial charge < -0.3 is 24.6 Å². The van der Waals surface area contributed by atoms with Crippen LogP contribution in [0.4, 0.5) is 5.69 Å². The van der Waals surface area contributed by atoms with Crippen LogP contribution in [-0.2, 0) is 16.1 Å². The summed E-state index contributed by atoms with van der Waals surface area (Å²) in [7, 11) is 3.25. The van der Waals surface area contributed by atoms with Crippen LogP contribution in [0.25, 0.3) is 11.4 Å². The van der Waals surface area contributed by atoms with Crippen molar-refractivity contribution in [3.8, 4) is 17.1 Å². The predicted molar refractivity (Wildman–Crippen MR) is 138 cm³/mol. The molecular weight excluding hydrogens is 474 g/mol. The van der Waals surface area contributed by atoms with Crippen LogP contribution >= 0.6 is 0 Å². The Morgan fingerprint density at radius 1 is 1.08 bits per heavy atom. The van der Waals surface area contributed by atoms with E-state index in [1.807, 2.05) is 30.3 Å². The topological polar surface area (TPSA) is 119 Å². The molecule has 2 amide bonds. The van der Waals surface area contributed by atoms with Gasteiger partial charge in [-0.15, -0.1) is 0 Å². The van der Waals surface area contributed by atoms with Crippen LogP contribution in [-0.4, -0.2) is 67.3 Å². The second-order valence-electron chi connectivity index (χ2n) is 8.93. The third-order valence-corrected chi connectivity index (χ3v) is 6.37. The monoisotopic (exact) mass is 507 g/mol. The van der Waals surface area contributed by atoms with Crippen LogP contribution in [0.3, 0.4) is 0 Å². The molecule has 10 nitrogen and oxygen atoms in total. The molecule has 1 saturated heterocycles. The minimum atomic E-state index is -0.213. The molecule has 1 aliphatic rings. The van der Waals surface area contributed by atoms with Crippen LogP contribution in [0.2, 0.25) is 0 Å². The van der Waals surface area contributed by atoms with E-state index in [0.717, 1.165) is 30.8 Å². The number of rotatable bonds is 11. The van der Waals surface area contributed by atoms with Gasteiger partial charge in [0.2, 0.25) is 17.6 Å². The molecule has 1 aromatic heterocycles. The largest absolute Gasteiger partial charge is 0.497 e. The Morgan fingerprint density at radius 2 is 1.84 bits per heavy atom. The fourth-order valence-corrected chi connectivity index (χ4v) is 4.26. The lowest BCUT2D eigenvalue weighted by atomic mass is 9.95. The molecule has 0 spiro atoms. The van der Waals surface area contributed by atoms with Crippen molar-refractivity contribution in [1.82, 2.24) is 20.4 Å². The molecule has 3 aromatic rings. The maximum Gasteiger partial charge on any atom is 0.253 e. The Hall–Kier alpha value is -3.76. The zero-order chi connectivity index (χ0) is 26.0. The number of benzene rings is 2. The normalized spacial score (nSPS) is 14.3. The van der Waals surface area contributed by atoms with Crippen molar-refractivity contribution >= 4 is 17.5 Å². The fraction of sp³-hybridized carbons (Fsp3) is 0.407. The molecule has 0 unspecified atom stereocenters. The highest BCUT2D eigenvalue weighted by Gasteiger charge is 2.27. The van der Waals surface area contributed by atoms with Gasteiger partial charge in [-0.3, -0.25) is 14.5 Å². The number of methoxy groups -OCH3 is 2. The summed E-state index contributed by atoms with van der Waals surface area (Å²) in [5.74, 6) is 1.43. The molecule has 2 heterocycles. The first-order valence-electron chi connectivity index (χ1n) is 12.4. The van der Waals surface area contributed by atoms with Gasteiger partial charge in [0.15, 0.2) is 0 Å². The van der Waals surface area contributed by atoms with Crippen LogP contribution < -0.4 is 15.4 Å². The predicted octanol–water partition coefficient (Wildman–Crippen LogP) is 3.36. The van der Waals surface area contributed by atoms with Crippen LogP contribution in [0.5, 0.6) is 5.75 Å². The second-order valence-corrected chi connectivity index (χ2v) is 8.93. The number of likely N-dealkylation sites (tertiary alicyclic amines) is 1. The highest BCUT2D eigenvalue weighted by molar-refractivity contribution is 6.04. The van der Waals surface area contributed by atoms with Crippen molar-refractivity contribution in [2.75, 3.05) is 45.8 Å². The molecule has 2 N–H and O–H groups in total. The molecule has 0 radical (unpaired) electrons. The summed E-state index contributed by atoms with van der Waals surface area (Å²) >= 11 is 0. The average molecular weight is 508 g/mol. The van der Waals surface area contributed by atoms with Gasteiger partial charge in [0, 0.05) is 31.7 Å². The van der Waals surface area contributed by atoms with Crippen molar-refractivity contribution in [1.29, 1.82) is 0 Å². The van der Waals surface area contributed by atoms with Gasteiger partial charge in [-0.1, -0.05) is 17.3 Å². The molecule has 1 fully saturated rings. The minimum Gasteiger partial charge on any atom is -0.497 e. The number of hydrogen-bond donors (Lipinski definition) is 2. The third-order valence-electron chi connectivity index (χ3n) is 6.37. The van der Waals surface area contributed by atoms with E-state index in [2.05, 4.69) is 25.7 Å². The van der Waals surface area contributed by atoms with Gasteiger partial charge in [0.05, 0.1) is 24.9 Å². The van der Waals surface area contributed by atoms with Gasteiger partial charge in [-0.25, -0.2) is 0 Å². The first-order chi connectivity index (χ1) is 18.1. The Balaban J connectivity index is 1.27. The number of nitrogens with one attached hydrogen (secondary N) is 2. The molecule has 2 aromatic carbocycles. The minimum absolute atomic E-state index is 0.0705. The SMILES string of the molecule is COCCCNC(=O)c1ccccc1NC(=O)C1CCN(Cc2nc(-c3ccc(OC)cc3)no2)CC1. The molecule has 0 bridgehead atoms. The van der Waals surface area contributed by atoms with Crippen molar-refractivity contribution in [3.63, 3.8) is 0 Å². The summed E-state index contributed by atoms with van der Waals surface area (Å²) in [4.78, 5) is 32.3. The third kappa shape index (κ3) is 7.14. The van der Waals surface area contributed by atoms with Gasteiger partial charge in [0.25, 0.3) is 5.91 Å². The molecule has 0 aliphatic carbocycles. The Morgan fingerprint density at radius 3 is 2.57 bits per heavy atom. The molecule has 0 saturated carbocycles. The number of carbonyl (C=O) groups is 2. The summed E-state index contributed by atoms with van der Waals surface area (Å²) < 4.78 is 15.6. The van der Waals surface area contributed by atoms with Gasteiger partial charge in [-0.2, -0.15) is 4.98 Å². The molecule has 196 valence electrons. The van der Waals surface area contributed by atoms with Crippen molar-refractivity contribution < 1.29 is 23.6 Å². The summed E-state index contributed by atoms with van der Waals surface area (Å²) in [6.07, 6.45) is 2.13. The second kappa shape index (κ2) is 13.0. The summed E-state index contributed by atoms with van der Waals surface area (Å²) in [5, 5.41) is 9.93. The number of piperidine rings is 1. The maximum absolute atomic E-state index is 13.0. The van der Waals surface area contributed by atoms with E-state index in [4.69, 9.17) is 14.0 Å². The molecule has 1 aliphatic heterocycles. The molecular formula is C27H33N5O5. The first kappa shape index (κ1) is 26.3. The first-order valence-corrected chi connectivity index (χ1v) is 12.4. The van der Waals surface area contributed by atoms with Crippen LogP contribution in [0.15, 0.2) is 53.1 Å².